The molecule has 0 aliphatic heterocycles. The molecule has 0 radical (unpaired) electrons. The van der Waals surface area contributed by atoms with Crippen LogP contribution in [0, 0.1) is 0 Å². The van der Waals surface area contributed by atoms with Crippen molar-refractivity contribution in [3.8, 4) is 11.3 Å². The van der Waals surface area contributed by atoms with Gasteiger partial charge in [-0.25, -0.2) is 9.78 Å². The lowest BCUT2D eigenvalue weighted by Crippen LogP contribution is -2.37. The number of pyridine rings is 1. The number of nitrogens with zero attached hydrogens (tertiary/aromatic N) is 2. The summed E-state index contributed by atoms with van der Waals surface area (Å²) in [5.74, 6) is 0. The topological polar surface area (TPSA) is 42.4 Å². The Kier molecular flexibility index (Phi) is 5.45. The first-order chi connectivity index (χ1) is 12.9. The van der Waals surface area contributed by atoms with E-state index in [9.17, 15) is 4.79 Å². The molecule has 3 rings (SSSR count). The second-order valence-corrected chi connectivity index (χ2v) is 7.57. The molecule has 0 spiro atoms. The van der Waals surface area contributed by atoms with Crippen molar-refractivity contribution >= 4 is 22.7 Å². The number of ether oxygens (including phenoxy) is 1. The van der Waals surface area contributed by atoms with Gasteiger partial charge in [-0.05, 0) is 51.5 Å². The fourth-order valence-electron chi connectivity index (χ4n) is 2.91. The molecular formula is C23H26N2O2. The Morgan fingerprint density at radius 1 is 1.00 bits per heavy atom. The van der Waals surface area contributed by atoms with Gasteiger partial charge in [0.25, 0.3) is 0 Å². The maximum Gasteiger partial charge on any atom is 0.414 e. The van der Waals surface area contributed by atoms with E-state index < -0.39 is 5.60 Å². The zero-order valence-corrected chi connectivity index (χ0v) is 16.4. The van der Waals surface area contributed by atoms with Crippen LogP contribution in [0.5, 0.6) is 0 Å². The third-order valence-corrected chi connectivity index (χ3v) is 4.13. The highest BCUT2D eigenvalue weighted by atomic mass is 16.6. The second-order valence-electron chi connectivity index (χ2n) is 7.57. The number of hydrogen-bond donors (Lipinski definition) is 0. The molecule has 140 valence electrons. The lowest BCUT2D eigenvalue weighted by Gasteiger charge is -2.27. The van der Waals surface area contributed by atoms with Gasteiger partial charge >= 0.3 is 6.09 Å². The van der Waals surface area contributed by atoms with E-state index in [2.05, 4.69) is 12.1 Å². The van der Waals surface area contributed by atoms with Crippen LogP contribution in [-0.2, 0) is 4.74 Å². The number of carbonyl (C=O) groups is 1. The SMILES string of the molecule is CCCN(C(=O)OC(C)(C)C)c1ccc(-c2ccc3ccccc3n2)cc1. The summed E-state index contributed by atoms with van der Waals surface area (Å²) in [4.78, 5) is 19.0. The number of para-hydroxylation sites is 1. The van der Waals surface area contributed by atoms with E-state index >= 15 is 0 Å². The molecule has 4 nitrogen and oxygen atoms in total. The van der Waals surface area contributed by atoms with Gasteiger partial charge in [-0.3, -0.25) is 4.90 Å². The molecule has 4 heteroatoms. The van der Waals surface area contributed by atoms with Crippen LogP contribution in [0.2, 0.25) is 0 Å². The molecule has 0 saturated heterocycles. The van der Waals surface area contributed by atoms with Crippen LogP contribution < -0.4 is 4.90 Å². The summed E-state index contributed by atoms with van der Waals surface area (Å²) in [6, 6.07) is 20.1. The lowest BCUT2D eigenvalue weighted by atomic mass is 10.1. The van der Waals surface area contributed by atoms with Crippen molar-refractivity contribution < 1.29 is 9.53 Å². The standard InChI is InChI=1S/C23H26N2O2/c1-5-16-25(22(26)27-23(2,3)4)19-13-10-18(11-14-19)21-15-12-17-8-6-7-9-20(17)24-21/h6-15H,5,16H2,1-4H3. The third kappa shape index (κ3) is 4.64. The number of carbonyl (C=O) groups excluding carboxylic acids is 1. The van der Waals surface area contributed by atoms with Crippen LogP contribution in [0.25, 0.3) is 22.2 Å². The first kappa shape index (κ1) is 18.9. The van der Waals surface area contributed by atoms with Crippen LogP contribution in [0.3, 0.4) is 0 Å². The van der Waals surface area contributed by atoms with Gasteiger partial charge in [0.2, 0.25) is 0 Å². The lowest BCUT2D eigenvalue weighted by molar-refractivity contribution is 0.0580. The Hall–Kier alpha value is -2.88. The molecule has 0 fully saturated rings. The number of rotatable bonds is 4. The molecule has 3 aromatic rings. The van der Waals surface area contributed by atoms with Crippen LogP contribution in [0.4, 0.5) is 10.5 Å². The first-order valence-corrected chi connectivity index (χ1v) is 9.34. The summed E-state index contributed by atoms with van der Waals surface area (Å²) in [6.07, 6.45) is 0.536. The van der Waals surface area contributed by atoms with E-state index in [0.29, 0.717) is 6.54 Å². The molecule has 0 saturated carbocycles. The molecule has 1 amide bonds. The average Bonchev–Trinajstić information content (AvgIpc) is 2.64. The first-order valence-electron chi connectivity index (χ1n) is 9.34. The molecule has 27 heavy (non-hydrogen) atoms. The third-order valence-electron chi connectivity index (χ3n) is 4.13. The molecule has 0 unspecified atom stereocenters. The number of hydrogen-bond acceptors (Lipinski definition) is 3. The zero-order valence-electron chi connectivity index (χ0n) is 16.4. The smallest absolute Gasteiger partial charge is 0.414 e. The van der Waals surface area contributed by atoms with Crippen molar-refractivity contribution in [2.75, 3.05) is 11.4 Å². The van der Waals surface area contributed by atoms with Gasteiger partial charge < -0.3 is 4.74 Å². The van der Waals surface area contributed by atoms with Gasteiger partial charge in [0, 0.05) is 23.2 Å². The Morgan fingerprint density at radius 3 is 2.37 bits per heavy atom. The van der Waals surface area contributed by atoms with Gasteiger partial charge in [-0.15, -0.1) is 0 Å². The normalized spacial score (nSPS) is 11.4. The zero-order chi connectivity index (χ0) is 19.4. The van der Waals surface area contributed by atoms with Crippen LogP contribution >= 0.6 is 0 Å². The molecule has 1 heterocycles. The minimum Gasteiger partial charge on any atom is -0.443 e. The van der Waals surface area contributed by atoms with Gasteiger partial charge in [0.15, 0.2) is 0 Å². The highest BCUT2D eigenvalue weighted by molar-refractivity contribution is 5.88. The molecule has 0 atom stereocenters. The largest absolute Gasteiger partial charge is 0.443 e. The van der Waals surface area contributed by atoms with Crippen LogP contribution in [0.1, 0.15) is 34.1 Å². The maximum atomic E-state index is 12.5. The van der Waals surface area contributed by atoms with Gasteiger partial charge in [0.05, 0.1) is 11.2 Å². The van der Waals surface area contributed by atoms with Crippen molar-refractivity contribution in [2.45, 2.75) is 39.7 Å². The van der Waals surface area contributed by atoms with Gasteiger partial charge in [-0.2, -0.15) is 0 Å². The molecule has 0 aliphatic rings. The fourth-order valence-corrected chi connectivity index (χ4v) is 2.91. The average molecular weight is 362 g/mol. The Bertz CT molecular complexity index is 927. The van der Waals surface area contributed by atoms with Gasteiger partial charge in [-0.1, -0.05) is 43.3 Å². The molecule has 0 aliphatic carbocycles. The molecule has 0 bridgehead atoms. The Morgan fingerprint density at radius 2 is 1.70 bits per heavy atom. The van der Waals surface area contributed by atoms with E-state index in [1.807, 2.05) is 76.2 Å². The number of benzene rings is 2. The summed E-state index contributed by atoms with van der Waals surface area (Å²) >= 11 is 0. The molecule has 0 N–H and O–H groups in total. The molecular weight excluding hydrogens is 336 g/mol. The van der Waals surface area contributed by atoms with Crippen molar-refractivity contribution in [3.05, 3.63) is 60.7 Å². The number of fused-ring (bicyclic) bond motifs is 1. The number of aromatic nitrogens is 1. The maximum absolute atomic E-state index is 12.5. The summed E-state index contributed by atoms with van der Waals surface area (Å²) in [7, 11) is 0. The highest BCUT2D eigenvalue weighted by Crippen LogP contribution is 2.25. The van der Waals surface area contributed by atoms with Crippen molar-refractivity contribution in [1.29, 1.82) is 0 Å². The fraction of sp³-hybridized carbons (Fsp3) is 0.304. The van der Waals surface area contributed by atoms with Crippen molar-refractivity contribution in [1.82, 2.24) is 4.98 Å². The number of anilines is 1. The van der Waals surface area contributed by atoms with Crippen molar-refractivity contribution in [2.24, 2.45) is 0 Å². The monoisotopic (exact) mass is 362 g/mol. The summed E-state index contributed by atoms with van der Waals surface area (Å²) in [5, 5.41) is 1.12. The quantitative estimate of drug-likeness (QED) is 0.567. The van der Waals surface area contributed by atoms with Gasteiger partial charge in [0.1, 0.15) is 5.60 Å². The summed E-state index contributed by atoms with van der Waals surface area (Å²) in [5.41, 5.74) is 3.22. The predicted molar refractivity (Wildman–Crippen MR) is 111 cm³/mol. The molecule has 1 aromatic heterocycles. The van der Waals surface area contributed by atoms with Crippen LogP contribution in [0.15, 0.2) is 60.7 Å². The Labute approximate surface area is 160 Å². The van der Waals surface area contributed by atoms with Crippen molar-refractivity contribution in [3.63, 3.8) is 0 Å². The van der Waals surface area contributed by atoms with E-state index in [0.717, 1.165) is 34.3 Å². The highest BCUT2D eigenvalue weighted by Gasteiger charge is 2.22. The second kappa shape index (κ2) is 7.78. The summed E-state index contributed by atoms with van der Waals surface area (Å²) < 4.78 is 5.54. The summed E-state index contributed by atoms with van der Waals surface area (Å²) in [6.45, 7) is 8.30. The minimum atomic E-state index is -0.516. The van der Waals surface area contributed by atoms with E-state index in [-0.39, 0.29) is 6.09 Å². The van der Waals surface area contributed by atoms with E-state index in [4.69, 9.17) is 9.72 Å². The minimum absolute atomic E-state index is 0.319. The predicted octanol–water partition coefficient (Wildman–Crippen LogP) is 6.05. The van der Waals surface area contributed by atoms with Crippen LogP contribution in [-0.4, -0.2) is 23.2 Å². The van der Waals surface area contributed by atoms with E-state index in [1.54, 1.807) is 4.90 Å². The number of amides is 1. The molecule has 2 aromatic carbocycles. The van der Waals surface area contributed by atoms with E-state index in [1.165, 1.54) is 0 Å². The Balaban J connectivity index is 1.86.